The molecule has 2 aromatic rings. The van der Waals surface area contributed by atoms with Gasteiger partial charge in [0.05, 0.1) is 7.11 Å². The van der Waals surface area contributed by atoms with Crippen LogP contribution in [0.15, 0.2) is 53.4 Å². The number of methoxy groups -OCH3 is 1. The number of aliphatic hydroxyl groups excluding tert-OH is 1. The summed E-state index contributed by atoms with van der Waals surface area (Å²) in [6.45, 7) is 1.05. The molecule has 0 saturated carbocycles. The molecule has 0 aliphatic heterocycles. The van der Waals surface area contributed by atoms with Crippen molar-refractivity contribution in [2.75, 3.05) is 24.8 Å². The van der Waals surface area contributed by atoms with Gasteiger partial charge in [-0.25, -0.2) is 0 Å². The number of thioether (sulfide) groups is 1. The van der Waals surface area contributed by atoms with E-state index in [-0.39, 0.29) is 6.61 Å². The molecule has 112 valence electrons. The topological polar surface area (TPSA) is 41.5 Å². The molecule has 0 aliphatic rings. The molecule has 2 aromatic carbocycles. The van der Waals surface area contributed by atoms with Gasteiger partial charge in [-0.05, 0) is 48.4 Å². The Morgan fingerprint density at radius 2 is 1.76 bits per heavy atom. The fraction of sp³-hybridized carbons (Fsp3) is 0.294. The van der Waals surface area contributed by atoms with E-state index in [0.29, 0.717) is 0 Å². The van der Waals surface area contributed by atoms with E-state index < -0.39 is 0 Å². The molecule has 0 saturated heterocycles. The Labute approximate surface area is 130 Å². The first-order chi connectivity index (χ1) is 10.3. The van der Waals surface area contributed by atoms with Crippen LogP contribution in [0.3, 0.4) is 0 Å². The van der Waals surface area contributed by atoms with Crippen molar-refractivity contribution in [3.8, 4) is 5.75 Å². The van der Waals surface area contributed by atoms with Crippen molar-refractivity contribution in [1.82, 2.24) is 0 Å². The number of hydrogen-bond donors (Lipinski definition) is 2. The lowest BCUT2D eigenvalue weighted by Gasteiger charge is -2.08. The smallest absolute Gasteiger partial charge is 0.118 e. The molecule has 0 atom stereocenters. The van der Waals surface area contributed by atoms with Crippen molar-refractivity contribution in [3.63, 3.8) is 0 Å². The number of hydrogen-bond acceptors (Lipinski definition) is 4. The molecule has 0 unspecified atom stereocenters. The van der Waals surface area contributed by atoms with Crippen LogP contribution in [0, 0.1) is 0 Å². The summed E-state index contributed by atoms with van der Waals surface area (Å²) in [5, 5.41) is 12.2. The average Bonchev–Trinajstić information content (AvgIpc) is 2.55. The minimum Gasteiger partial charge on any atom is -0.497 e. The van der Waals surface area contributed by atoms with Crippen LogP contribution in [-0.4, -0.2) is 24.6 Å². The Balaban J connectivity index is 1.82. The average molecular weight is 303 g/mol. The quantitative estimate of drug-likeness (QED) is 0.575. The first kappa shape index (κ1) is 15.7. The second-order valence-corrected chi connectivity index (χ2v) is 5.82. The molecule has 0 radical (unpaired) electrons. The Hall–Kier alpha value is -1.65. The van der Waals surface area contributed by atoms with Crippen molar-refractivity contribution < 1.29 is 9.84 Å². The monoisotopic (exact) mass is 303 g/mol. The Bertz CT molecular complexity index is 525. The highest BCUT2D eigenvalue weighted by Crippen LogP contribution is 2.21. The first-order valence-corrected chi connectivity index (χ1v) is 8.01. The van der Waals surface area contributed by atoms with E-state index in [2.05, 4.69) is 41.7 Å². The van der Waals surface area contributed by atoms with Gasteiger partial charge in [-0.1, -0.05) is 12.1 Å². The maximum atomic E-state index is 8.77. The largest absolute Gasteiger partial charge is 0.497 e. The minimum absolute atomic E-state index is 0.258. The number of nitrogens with one attached hydrogen (secondary N) is 1. The first-order valence-electron chi connectivity index (χ1n) is 7.02. The predicted molar refractivity (Wildman–Crippen MR) is 89.2 cm³/mol. The predicted octanol–water partition coefficient (Wildman–Crippen LogP) is 3.78. The molecule has 0 aliphatic carbocycles. The number of aliphatic hydroxyl groups is 1. The second kappa shape index (κ2) is 8.60. The normalized spacial score (nSPS) is 10.4. The molecule has 3 nitrogen and oxygen atoms in total. The van der Waals surface area contributed by atoms with E-state index in [0.717, 1.165) is 30.2 Å². The van der Waals surface area contributed by atoms with Gasteiger partial charge in [-0.2, -0.15) is 0 Å². The third-order valence-electron chi connectivity index (χ3n) is 3.08. The molecule has 21 heavy (non-hydrogen) atoms. The van der Waals surface area contributed by atoms with Crippen LogP contribution >= 0.6 is 11.8 Å². The Kier molecular flexibility index (Phi) is 6.44. The molecule has 0 bridgehead atoms. The van der Waals surface area contributed by atoms with E-state index in [1.807, 2.05) is 12.1 Å². The lowest BCUT2D eigenvalue weighted by atomic mass is 10.2. The van der Waals surface area contributed by atoms with Gasteiger partial charge >= 0.3 is 0 Å². The number of ether oxygens (including phenoxy) is 1. The molecule has 0 heterocycles. The lowest BCUT2D eigenvalue weighted by molar-refractivity contribution is 0.296. The molecule has 0 aromatic heterocycles. The van der Waals surface area contributed by atoms with E-state index >= 15 is 0 Å². The molecule has 2 rings (SSSR count). The summed E-state index contributed by atoms with van der Waals surface area (Å²) in [6, 6.07) is 16.5. The lowest BCUT2D eigenvalue weighted by Crippen LogP contribution is -1.99. The summed E-state index contributed by atoms with van der Waals surface area (Å²) in [5.41, 5.74) is 2.33. The zero-order valence-corrected chi connectivity index (χ0v) is 13.0. The van der Waals surface area contributed by atoms with Crippen LogP contribution in [0.4, 0.5) is 5.69 Å². The fourth-order valence-electron chi connectivity index (χ4n) is 1.87. The summed E-state index contributed by atoms with van der Waals surface area (Å²) in [6.07, 6.45) is 0.835. The van der Waals surface area contributed by atoms with Gasteiger partial charge < -0.3 is 15.2 Å². The summed E-state index contributed by atoms with van der Waals surface area (Å²) in [4.78, 5) is 1.23. The highest BCUT2D eigenvalue weighted by molar-refractivity contribution is 7.99. The van der Waals surface area contributed by atoms with Crippen molar-refractivity contribution in [2.45, 2.75) is 17.9 Å². The zero-order chi connectivity index (χ0) is 14.9. The highest BCUT2D eigenvalue weighted by atomic mass is 32.2. The molecule has 0 spiro atoms. The number of rotatable bonds is 8. The van der Waals surface area contributed by atoms with Crippen molar-refractivity contribution >= 4 is 17.4 Å². The van der Waals surface area contributed by atoms with Gasteiger partial charge in [0, 0.05) is 29.5 Å². The summed E-state index contributed by atoms with van der Waals surface area (Å²) >= 11 is 1.77. The fourth-order valence-corrected chi connectivity index (χ4v) is 2.71. The second-order valence-electron chi connectivity index (χ2n) is 4.65. The maximum absolute atomic E-state index is 8.77. The third kappa shape index (κ3) is 5.33. The van der Waals surface area contributed by atoms with Crippen LogP contribution in [0.2, 0.25) is 0 Å². The number of anilines is 1. The van der Waals surface area contributed by atoms with Gasteiger partial charge in [-0.15, -0.1) is 11.8 Å². The van der Waals surface area contributed by atoms with Crippen molar-refractivity contribution in [3.05, 3.63) is 54.1 Å². The van der Waals surface area contributed by atoms with Gasteiger partial charge in [0.1, 0.15) is 5.75 Å². The van der Waals surface area contributed by atoms with Crippen LogP contribution in [-0.2, 0) is 6.54 Å². The van der Waals surface area contributed by atoms with Crippen LogP contribution in [0.1, 0.15) is 12.0 Å². The van der Waals surface area contributed by atoms with Crippen molar-refractivity contribution in [2.24, 2.45) is 0 Å². The van der Waals surface area contributed by atoms with Gasteiger partial charge in [0.2, 0.25) is 0 Å². The standard InChI is InChI=1S/C17H21NO2S/c1-20-16-7-3-14(4-8-16)13-18-15-5-9-17(10-6-15)21-12-2-11-19/h3-10,18-19H,2,11-13H2,1H3. The van der Waals surface area contributed by atoms with Gasteiger partial charge in [0.15, 0.2) is 0 Å². The molecule has 2 N–H and O–H groups in total. The van der Waals surface area contributed by atoms with Crippen LogP contribution < -0.4 is 10.1 Å². The molecule has 0 fully saturated rings. The Morgan fingerprint density at radius 3 is 2.38 bits per heavy atom. The van der Waals surface area contributed by atoms with Gasteiger partial charge in [-0.3, -0.25) is 0 Å². The summed E-state index contributed by atoms with van der Waals surface area (Å²) in [5.74, 6) is 1.83. The number of benzene rings is 2. The SMILES string of the molecule is COc1ccc(CNc2ccc(SCCCO)cc2)cc1. The molecular weight excluding hydrogens is 282 g/mol. The summed E-state index contributed by atoms with van der Waals surface area (Å²) < 4.78 is 5.15. The van der Waals surface area contributed by atoms with Crippen molar-refractivity contribution in [1.29, 1.82) is 0 Å². The van der Waals surface area contributed by atoms with E-state index in [1.165, 1.54) is 10.5 Å². The van der Waals surface area contributed by atoms with Gasteiger partial charge in [0.25, 0.3) is 0 Å². The molecular formula is C17H21NO2S. The summed E-state index contributed by atoms with van der Waals surface area (Å²) in [7, 11) is 1.67. The van der Waals surface area contributed by atoms with E-state index in [4.69, 9.17) is 9.84 Å². The highest BCUT2D eigenvalue weighted by Gasteiger charge is 1.97. The zero-order valence-electron chi connectivity index (χ0n) is 12.2. The van der Waals surface area contributed by atoms with Crippen LogP contribution in [0.5, 0.6) is 5.75 Å². The van der Waals surface area contributed by atoms with Crippen LogP contribution in [0.25, 0.3) is 0 Å². The molecule has 4 heteroatoms. The minimum atomic E-state index is 0.258. The third-order valence-corrected chi connectivity index (χ3v) is 4.18. The Morgan fingerprint density at radius 1 is 1.05 bits per heavy atom. The maximum Gasteiger partial charge on any atom is 0.118 e. The van der Waals surface area contributed by atoms with E-state index in [1.54, 1.807) is 18.9 Å². The van der Waals surface area contributed by atoms with E-state index in [9.17, 15) is 0 Å². The molecule has 0 amide bonds.